The molecule has 9 heterocycles. The molecule has 660 valence electrons. The molecule has 0 bridgehead atoms. The summed E-state index contributed by atoms with van der Waals surface area (Å²) in [6.07, 6.45) is 0. The number of hydrogen-bond acceptors (Lipinski definition) is 3. The maximum Gasteiger partial charge on any atom is 0.0727 e. The number of thiophene rings is 3. The third-order valence-electron chi connectivity index (χ3n) is 28.6. The fourth-order valence-electron chi connectivity index (χ4n) is 22.6. The van der Waals surface area contributed by atoms with Crippen LogP contribution in [0.15, 0.2) is 510 Å². The zero-order chi connectivity index (χ0) is 92.7. The number of benzene rings is 21. The Morgan fingerprint density at radius 2 is 0.340 bits per heavy atom. The van der Waals surface area contributed by atoms with Gasteiger partial charge in [0.2, 0.25) is 0 Å². The Labute approximate surface area is 824 Å². The maximum atomic E-state index is 2.44. The maximum absolute atomic E-state index is 2.44. The van der Waals surface area contributed by atoms with Gasteiger partial charge in [0.1, 0.15) is 0 Å². The Hall–Kier alpha value is -17.7. The predicted molar refractivity (Wildman–Crippen MR) is 604 cm³/mol. The Balaban J connectivity index is 0.000000104. The molecule has 9 aromatic heterocycles. The molecule has 0 aliphatic heterocycles. The van der Waals surface area contributed by atoms with Crippen LogP contribution in [0.1, 0.15) is 0 Å². The third kappa shape index (κ3) is 13.1. The molecular formula is C132H84N6S3. The van der Waals surface area contributed by atoms with Gasteiger partial charge in [-0.1, -0.05) is 382 Å². The van der Waals surface area contributed by atoms with Gasteiger partial charge < -0.3 is 27.4 Å². The zero-order valence-corrected chi connectivity index (χ0v) is 78.9. The van der Waals surface area contributed by atoms with Crippen molar-refractivity contribution in [3.05, 3.63) is 510 Å². The molecular weight excluding hydrogens is 1770 g/mol. The van der Waals surface area contributed by atoms with Crippen molar-refractivity contribution in [2.24, 2.45) is 0 Å². The van der Waals surface area contributed by atoms with E-state index in [-0.39, 0.29) is 0 Å². The van der Waals surface area contributed by atoms with Crippen LogP contribution in [0, 0.1) is 0 Å². The minimum absolute atomic E-state index is 1.17. The average Bonchev–Trinajstić information content (AvgIpc) is 1.56. The molecule has 0 radical (unpaired) electrons. The summed E-state index contributed by atoms with van der Waals surface area (Å²) in [7, 11) is 0. The molecule has 0 atom stereocenters. The summed E-state index contributed by atoms with van der Waals surface area (Å²) in [5.41, 5.74) is 36.9. The molecule has 21 aromatic carbocycles. The number of aromatic nitrogens is 6. The van der Waals surface area contributed by atoms with E-state index in [0.29, 0.717) is 0 Å². The second kappa shape index (κ2) is 33.6. The summed E-state index contributed by atoms with van der Waals surface area (Å²) < 4.78 is 22.5. The first-order valence-corrected chi connectivity index (χ1v) is 50.6. The molecule has 0 fully saturated rings. The number of hydrogen-bond donors (Lipinski definition) is 0. The summed E-state index contributed by atoms with van der Waals surface area (Å²) in [5.74, 6) is 0. The van der Waals surface area contributed by atoms with Crippen molar-refractivity contribution in [2.45, 2.75) is 0 Å². The predicted octanol–water partition coefficient (Wildman–Crippen LogP) is 37.3. The first kappa shape index (κ1) is 81.6. The zero-order valence-electron chi connectivity index (χ0n) is 76.4. The summed E-state index contributed by atoms with van der Waals surface area (Å²) >= 11 is 5.74. The normalized spacial score (nSPS) is 11.8. The highest BCUT2D eigenvalue weighted by molar-refractivity contribution is 7.28. The van der Waals surface area contributed by atoms with Gasteiger partial charge in [-0.25, -0.2) is 0 Å². The van der Waals surface area contributed by atoms with Crippen LogP contribution in [0.3, 0.4) is 0 Å². The quantitative estimate of drug-likeness (QED) is 0.117. The highest BCUT2D eigenvalue weighted by Gasteiger charge is 2.28. The standard InChI is InChI=1S/3C44H28N2S/c1-3-15-29(16-4-1)45-39-27-11-9-21-33(39)35-24-13-23-34(41(35)45)31-19-7-8-20-32(31)36-25-14-26-38-42-44(47-43(36)38)37-22-10-12-28-40(37)46(42)30-17-5-2-6-18-30;1-3-14-30(15-4-1)45-39-24-11-9-20-34(39)35-27-26-29(28-41(35)45)32-18-7-8-19-33(32)36-22-13-23-38-42-44(47-43(36)38)37-21-10-12-25-40(37)46(42)31-16-5-2-6-17-31;1-3-14-30(15-4-1)45-39-24-11-9-20-34(39)38-28-29(26-27-41(38)45)32-18-7-8-19-33(32)35-22-13-23-37-42-44(47-43(35)37)36-21-10-12-25-40(36)46(42)31-16-5-2-6-17-31/h3*1-28H. The molecule has 9 heteroatoms. The first-order valence-electron chi connectivity index (χ1n) is 48.1. The van der Waals surface area contributed by atoms with E-state index >= 15 is 0 Å². The highest BCUT2D eigenvalue weighted by atomic mass is 32.1. The van der Waals surface area contributed by atoms with Gasteiger partial charge in [-0.05, 0) is 172 Å². The van der Waals surface area contributed by atoms with Crippen molar-refractivity contribution >= 4 is 193 Å². The molecule has 141 heavy (non-hydrogen) atoms. The molecule has 0 saturated carbocycles. The van der Waals surface area contributed by atoms with Gasteiger partial charge >= 0.3 is 0 Å². The summed E-state index contributed by atoms with van der Waals surface area (Å²) in [4.78, 5) is 0. The molecule has 0 aliphatic rings. The van der Waals surface area contributed by atoms with Gasteiger partial charge in [0.05, 0.1) is 80.3 Å². The van der Waals surface area contributed by atoms with Crippen molar-refractivity contribution in [1.29, 1.82) is 0 Å². The third-order valence-corrected chi connectivity index (χ3v) is 32.4. The lowest BCUT2D eigenvalue weighted by atomic mass is 9.92. The van der Waals surface area contributed by atoms with Crippen LogP contribution in [-0.2, 0) is 0 Å². The van der Waals surface area contributed by atoms with E-state index in [1.807, 2.05) is 34.0 Å². The Morgan fingerprint density at radius 3 is 0.723 bits per heavy atom. The fraction of sp³-hybridized carbons (Fsp3) is 0. The Morgan fingerprint density at radius 1 is 0.113 bits per heavy atom. The number of para-hydroxylation sites is 13. The Kier molecular flexibility index (Phi) is 19.5. The smallest absolute Gasteiger partial charge is 0.0727 e. The molecule has 0 aliphatic carbocycles. The fourth-order valence-corrected chi connectivity index (χ4v) is 26.7. The summed E-state index contributed by atoms with van der Waals surface area (Å²) in [5, 5.41) is 15.4. The van der Waals surface area contributed by atoms with Crippen LogP contribution < -0.4 is 0 Å². The van der Waals surface area contributed by atoms with Crippen LogP contribution >= 0.6 is 34.0 Å². The van der Waals surface area contributed by atoms with E-state index in [2.05, 4.69) is 537 Å². The molecule has 0 spiro atoms. The largest absolute Gasteiger partial charge is 0.309 e. The SMILES string of the molecule is c1ccc(-n2c3ccccc3c3cc(-c4ccccc4-c4cccc5c4sc4c6ccccc6n(-c6ccccc6)c54)ccc32)cc1.c1ccc(-n2c3ccccc3c3ccc(-c4ccccc4-c4cccc5c4sc4c6ccccc6n(-c6ccccc6)c54)cc32)cc1.c1ccc(-n2c3ccccc3c3cccc(-c4ccccc4-c4cccc5c4sc4c6ccccc6n(-c6ccccc6)c54)c32)cc1. The van der Waals surface area contributed by atoms with E-state index in [1.165, 1.54) is 260 Å². The van der Waals surface area contributed by atoms with E-state index in [4.69, 9.17) is 0 Å². The van der Waals surface area contributed by atoms with E-state index in [1.54, 1.807) is 0 Å². The molecule has 30 aromatic rings. The van der Waals surface area contributed by atoms with Crippen LogP contribution in [0.4, 0.5) is 0 Å². The van der Waals surface area contributed by atoms with Gasteiger partial charge in [-0.15, -0.1) is 34.0 Å². The topological polar surface area (TPSA) is 29.6 Å². The molecule has 0 unspecified atom stereocenters. The van der Waals surface area contributed by atoms with Gasteiger partial charge in [0.15, 0.2) is 0 Å². The molecule has 6 nitrogen and oxygen atoms in total. The monoisotopic (exact) mass is 1850 g/mol. The van der Waals surface area contributed by atoms with E-state index in [9.17, 15) is 0 Å². The molecule has 0 N–H and O–H groups in total. The number of nitrogens with zero attached hydrogens (tertiary/aromatic N) is 6. The van der Waals surface area contributed by atoms with Crippen LogP contribution in [-0.4, -0.2) is 27.4 Å². The van der Waals surface area contributed by atoms with E-state index < -0.39 is 0 Å². The number of fused-ring (bicyclic) bond motifs is 24. The van der Waals surface area contributed by atoms with Crippen molar-refractivity contribution in [3.8, 4) is 101 Å². The Bertz CT molecular complexity index is 10200. The summed E-state index contributed by atoms with van der Waals surface area (Å²) in [6.45, 7) is 0. The van der Waals surface area contributed by atoms with Crippen LogP contribution in [0.2, 0.25) is 0 Å². The van der Waals surface area contributed by atoms with Gasteiger partial charge in [-0.2, -0.15) is 0 Å². The minimum atomic E-state index is 1.17. The lowest BCUT2D eigenvalue weighted by molar-refractivity contribution is 1.18. The van der Waals surface area contributed by atoms with Crippen molar-refractivity contribution in [1.82, 2.24) is 27.4 Å². The first-order chi connectivity index (χ1) is 70.1. The average molecular weight is 1850 g/mol. The second-order valence-electron chi connectivity index (χ2n) is 36.3. The summed E-state index contributed by atoms with van der Waals surface area (Å²) in [6, 6.07) is 185. The second-order valence-corrected chi connectivity index (χ2v) is 39.4. The van der Waals surface area contributed by atoms with E-state index in [0.717, 1.165) is 0 Å². The molecule has 0 amide bonds. The highest BCUT2D eigenvalue weighted by Crippen LogP contribution is 2.54. The molecule has 0 saturated heterocycles. The van der Waals surface area contributed by atoms with Gasteiger partial charge in [0, 0.05) is 135 Å². The van der Waals surface area contributed by atoms with Crippen molar-refractivity contribution in [2.75, 3.05) is 0 Å². The van der Waals surface area contributed by atoms with Crippen LogP contribution in [0.25, 0.3) is 260 Å². The lowest BCUT2D eigenvalue weighted by Crippen LogP contribution is -1.96. The lowest BCUT2D eigenvalue weighted by Gasteiger charge is -2.15. The molecule has 30 rings (SSSR count). The minimum Gasteiger partial charge on any atom is -0.309 e. The van der Waals surface area contributed by atoms with Crippen LogP contribution in [0.5, 0.6) is 0 Å². The van der Waals surface area contributed by atoms with Gasteiger partial charge in [-0.3, -0.25) is 0 Å². The number of rotatable bonds is 12. The van der Waals surface area contributed by atoms with Gasteiger partial charge in [0.25, 0.3) is 0 Å². The van der Waals surface area contributed by atoms with Crippen molar-refractivity contribution in [3.63, 3.8) is 0 Å². The van der Waals surface area contributed by atoms with Crippen molar-refractivity contribution < 1.29 is 0 Å².